The summed E-state index contributed by atoms with van der Waals surface area (Å²) in [4.78, 5) is 12.7. The number of nitrogens with zero attached hydrogens (tertiary/aromatic N) is 1. The van der Waals surface area contributed by atoms with Gasteiger partial charge in [-0.3, -0.25) is 4.79 Å². The van der Waals surface area contributed by atoms with Crippen molar-refractivity contribution in [3.8, 4) is 5.75 Å². The van der Waals surface area contributed by atoms with Crippen LogP contribution >= 0.6 is 15.9 Å². The lowest BCUT2D eigenvalue weighted by atomic mass is 10.1. The van der Waals surface area contributed by atoms with Crippen molar-refractivity contribution in [2.24, 2.45) is 0 Å². The second-order valence-electron chi connectivity index (χ2n) is 6.99. The summed E-state index contributed by atoms with van der Waals surface area (Å²) in [6.07, 6.45) is 1.60. The average molecular weight is 497 g/mol. The number of sulfonamides is 1. The number of nitrogens with one attached hydrogen (secondary N) is 1. The van der Waals surface area contributed by atoms with E-state index < -0.39 is 10.0 Å². The second kappa shape index (κ2) is 10.9. The quantitative estimate of drug-likeness (QED) is 0.533. The van der Waals surface area contributed by atoms with Crippen molar-refractivity contribution in [3.05, 3.63) is 58.1 Å². The number of aryl methyl sites for hydroxylation is 1. The molecule has 0 radical (unpaired) electrons. The Kier molecular flexibility index (Phi) is 8.88. The van der Waals surface area contributed by atoms with Crippen LogP contribution in [0.4, 0.5) is 0 Å². The highest BCUT2D eigenvalue weighted by molar-refractivity contribution is 9.10. The summed E-state index contributed by atoms with van der Waals surface area (Å²) < 4.78 is 33.5. The van der Waals surface area contributed by atoms with E-state index in [1.165, 1.54) is 29.1 Å². The number of hydrogen-bond acceptors (Lipinski definition) is 4. The van der Waals surface area contributed by atoms with Crippen molar-refractivity contribution >= 4 is 31.9 Å². The Morgan fingerprint density at radius 1 is 1.13 bits per heavy atom. The van der Waals surface area contributed by atoms with Gasteiger partial charge < -0.3 is 10.1 Å². The van der Waals surface area contributed by atoms with Crippen LogP contribution in [0.5, 0.6) is 5.75 Å². The molecular formula is C22H29BrN2O4S. The van der Waals surface area contributed by atoms with Gasteiger partial charge in [-0.1, -0.05) is 41.9 Å². The van der Waals surface area contributed by atoms with E-state index in [0.29, 0.717) is 13.1 Å². The fraction of sp³-hybridized carbons (Fsp3) is 0.409. The lowest BCUT2D eigenvalue weighted by molar-refractivity contribution is 0.0938. The SMILES string of the molecule is CCN(CC)S(=O)(=O)c1cc(C(=O)NC(C)CCc2ccc(Br)cc2)ccc1OC. The molecule has 0 spiro atoms. The molecule has 8 heteroatoms. The normalized spacial score (nSPS) is 12.6. The summed E-state index contributed by atoms with van der Waals surface area (Å²) in [6.45, 7) is 6.17. The molecule has 0 saturated carbocycles. The van der Waals surface area contributed by atoms with Gasteiger partial charge in [-0.05, 0) is 55.7 Å². The van der Waals surface area contributed by atoms with Gasteiger partial charge in [0.15, 0.2) is 0 Å². The van der Waals surface area contributed by atoms with Crippen molar-refractivity contribution in [1.82, 2.24) is 9.62 Å². The lowest BCUT2D eigenvalue weighted by Gasteiger charge is -2.21. The third kappa shape index (κ3) is 6.06. The molecule has 2 aromatic carbocycles. The van der Waals surface area contributed by atoms with Gasteiger partial charge in [0.05, 0.1) is 7.11 Å². The molecule has 164 valence electrons. The Bertz CT molecular complexity index is 958. The van der Waals surface area contributed by atoms with Crippen LogP contribution in [0.25, 0.3) is 0 Å². The Balaban J connectivity index is 2.14. The summed E-state index contributed by atoms with van der Waals surface area (Å²) in [6, 6.07) is 12.5. The van der Waals surface area contributed by atoms with E-state index in [9.17, 15) is 13.2 Å². The molecule has 0 aliphatic heterocycles. The molecule has 2 aromatic rings. The molecule has 0 aromatic heterocycles. The van der Waals surface area contributed by atoms with Crippen LogP contribution in [-0.2, 0) is 16.4 Å². The highest BCUT2D eigenvalue weighted by Gasteiger charge is 2.27. The average Bonchev–Trinajstić information content (AvgIpc) is 2.73. The number of rotatable bonds is 10. The molecule has 0 fully saturated rings. The topological polar surface area (TPSA) is 75.7 Å². The van der Waals surface area contributed by atoms with E-state index in [1.807, 2.05) is 31.2 Å². The first kappa shape index (κ1) is 24.4. The van der Waals surface area contributed by atoms with Crippen molar-refractivity contribution in [2.45, 2.75) is 44.6 Å². The number of carbonyl (C=O) groups excluding carboxylic acids is 1. The van der Waals surface area contributed by atoms with Gasteiger partial charge in [0.2, 0.25) is 10.0 Å². The van der Waals surface area contributed by atoms with Crippen LogP contribution in [-0.4, -0.2) is 44.9 Å². The summed E-state index contributed by atoms with van der Waals surface area (Å²) in [5, 5.41) is 2.95. The van der Waals surface area contributed by atoms with Crippen molar-refractivity contribution in [2.75, 3.05) is 20.2 Å². The Hall–Kier alpha value is -1.90. The first-order valence-electron chi connectivity index (χ1n) is 9.96. The van der Waals surface area contributed by atoms with Crippen LogP contribution in [0.3, 0.4) is 0 Å². The van der Waals surface area contributed by atoms with Gasteiger partial charge in [0, 0.05) is 29.2 Å². The van der Waals surface area contributed by atoms with E-state index in [2.05, 4.69) is 21.2 Å². The minimum atomic E-state index is -3.75. The van der Waals surface area contributed by atoms with E-state index in [4.69, 9.17) is 4.74 Å². The fourth-order valence-electron chi connectivity index (χ4n) is 3.14. The zero-order valence-electron chi connectivity index (χ0n) is 17.8. The molecule has 0 saturated heterocycles. The molecular weight excluding hydrogens is 468 g/mol. The van der Waals surface area contributed by atoms with Crippen LogP contribution in [0.2, 0.25) is 0 Å². The van der Waals surface area contributed by atoms with Gasteiger partial charge in [-0.2, -0.15) is 4.31 Å². The third-order valence-corrected chi connectivity index (χ3v) is 7.51. The number of methoxy groups -OCH3 is 1. The maximum Gasteiger partial charge on any atom is 0.251 e. The second-order valence-corrected chi connectivity index (χ2v) is 9.82. The third-order valence-electron chi connectivity index (χ3n) is 4.91. The monoisotopic (exact) mass is 496 g/mol. The van der Waals surface area contributed by atoms with Crippen LogP contribution in [0.15, 0.2) is 51.8 Å². The van der Waals surface area contributed by atoms with E-state index >= 15 is 0 Å². The van der Waals surface area contributed by atoms with E-state index in [0.717, 1.165) is 17.3 Å². The minimum absolute atomic E-state index is 0.00358. The van der Waals surface area contributed by atoms with Crippen LogP contribution in [0.1, 0.15) is 43.1 Å². The number of carbonyl (C=O) groups is 1. The number of halogens is 1. The fourth-order valence-corrected chi connectivity index (χ4v) is 5.04. The molecule has 0 aliphatic rings. The van der Waals surface area contributed by atoms with Crippen molar-refractivity contribution in [3.63, 3.8) is 0 Å². The number of ether oxygens (including phenoxy) is 1. The standard InChI is InChI=1S/C22H29BrN2O4S/c1-5-25(6-2)30(27,28)21-15-18(11-14-20(21)29-4)22(26)24-16(3)7-8-17-9-12-19(23)13-10-17/h9-16H,5-8H2,1-4H3,(H,24,26). The van der Waals surface area contributed by atoms with Gasteiger partial charge >= 0.3 is 0 Å². The highest BCUT2D eigenvalue weighted by atomic mass is 79.9. The van der Waals surface area contributed by atoms with Crippen LogP contribution < -0.4 is 10.1 Å². The predicted molar refractivity (Wildman–Crippen MR) is 122 cm³/mol. The Labute approximate surface area is 187 Å². The summed E-state index contributed by atoms with van der Waals surface area (Å²) in [7, 11) is -2.34. The largest absolute Gasteiger partial charge is 0.495 e. The molecule has 6 nitrogen and oxygen atoms in total. The van der Waals surface area contributed by atoms with E-state index in [1.54, 1.807) is 19.9 Å². The van der Waals surface area contributed by atoms with E-state index in [-0.39, 0.29) is 28.2 Å². The number of hydrogen-bond donors (Lipinski definition) is 1. The molecule has 0 aliphatic carbocycles. The first-order chi connectivity index (χ1) is 14.2. The first-order valence-corrected chi connectivity index (χ1v) is 12.2. The number of amides is 1. The molecule has 30 heavy (non-hydrogen) atoms. The molecule has 0 heterocycles. The summed E-state index contributed by atoms with van der Waals surface area (Å²) in [5.41, 5.74) is 1.48. The smallest absolute Gasteiger partial charge is 0.251 e. The zero-order valence-corrected chi connectivity index (χ0v) is 20.2. The number of benzene rings is 2. The predicted octanol–water partition coefficient (Wildman–Crippen LogP) is 4.24. The molecule has 1 N–H and O–H groups in total. The van der Waals surface area contributed by atoms with Gasteiger partial charge in [0.25, 0.3) is 5.91 Å². The minimum Gasteiger partial charge on any atom is -0.495 e. The Morgan fingerprint density at radius 3 is 2.33 bits per heavy atom. The molecule has 1 unspecified atom stereocenters. The highest BCUT2D eigenvalue weighted by Crippen LogP contribution is 2.28. The summed E-state index contributed by atoms with van der Waals surface area (Å²) >= 11 is 3.42. The van der Waals surface area contributed by atoms with Gasteiger partial charge in [-0.15, -0.1) is 0 Å². The lowest BCUT2D eigenvalue weighted by Crippen LogP contribution is -2.34. The van der Waals surface area contributed by atoms with Gasteiger partial charge in [-0.25, -0.2) is 8.42 Å². The Morgan fingerprint density at radius 2 is 1.77 bits per heavy atom. The molecule has 1 atom stereocenters. The van der Waals surface area contributed by atoms with Gasteiger partial charge in [0.1, 0.15) is 10.6 Å². The maximum absolute atomic E-state index is 13.0. The van der Waals surface area contributed by atoms with Crippen molar-refractivity contribution < 1.29 is 17.9 Å². The molecule has 1 amide bonds. The molecule has 0 bridgehead atoms. The van der Waals surface area contributed by atoms with Crippen molar-refractivity contribution in [1.29, 1.82) is 0 Å². The zero-order chi connectivity index (χ0) is 22.3. The maximum atomic E-state index is 13.0. The summed E-state index contributed by atoms with van der Waals surface area (Å²) in [5.74, 6) is -0.0845. The molecule has 2 rings (SSSR count). The van der Waals surface area contributed by atoms with Crippen LogP contribution in [0, 0.1) is 0 Å².